The van der Waals surface area contributed by atoms with Gasteiger partial charge in [0.05, 0.1) is 0 Å². The maximum absolute atomic E-state index is 12.7. The first kappa shape index (κ1) is 11.5. The maximum atomic E-state index is 12.7. The predicted molar refractivity (Wildman–Crippen MR) is 45.5 cm³/mol. The van der Waals surface area contributed by atoms with Crippen LogP contribution in [0, 0.1) is 0 Å². The first-order valence-electron chi connectivity index (χ1n) is 4.58. The monoisotopic (exact) mass is 211 g/mol. The van der Waals surface area contributed by atoms with Crippen LogP contribution in [0.5, 0.6) is 0 Å². The smallest absolute Gasteiger partial charge is 0.287 e. The van der Waals surface area contributed by atoms with E-state index in [1.165, 1.54) is 0 Å². The van der Waals surface area contributed by atoms with E-state index in [0.29, 0.717) is 25.9 Å². The van der Waals surface area contributed by atoms with Gasteiger partial charge in [0.2, 0.25) is 0 Å². The molecule has 0 aromatic heterocycles. The zero-order chi connectivity index (χ0) is 10.8. The Bertz CT molecular complexity index is 205. The topological polar surface area (TPSA) is 3.24 Å². The van der Waals surface area contributed by atoms with Crippen LogP contribution in [0.2, 0.25) is 0 Å². The van der Waals surface area contributed by atoms with Gasteiger partial charge in [-0.05, 0) is 25.9 Å². The van der Waals surface area contributed by atoms with Crippen LogP contribution in [-0.2, 0) is 0 Å². The lowest BCUT2D eigenvalue weighted by atomic mass is 10.1. The highest BCUT2D eigenvalue weighted by Gasteiger charge is 2.46. The van der Waals surface area contributed by atoms with Gasteiger partial charge >= 0.3 is 6.18 Å². The molecule has 1 nitrogen and oxygen atoms in total. The average Bonchev–Trinajstić information content (AvgIpc) is 2.02. The van der Waals surface area contributed by atoms with Gasteiger partial charge in [0.25, 0.3) is 0 Å². The molecule has 1 saturated heterocycles. The molecule has 1 aliphatic heterocycles. The summed E-state index contributed by atoms with van der Waals surface area (Å²) >= 11 is 0. The van der Waals surface area contributed by atoms with Crippen LogP contribution in [-0.4, -0.2) is 30.2 Å². The van der Waals surface area contributed by atoms with Crippen molar-refractivity contribution in [3.63, 3.8) is 0 Å². The number of nitrogens with zero attached hydrogens (tertiary/aromatic N) is 1. The van der Waals surface area contributed by atoms with E-state index in [0.717, 1.165) is 11.3 Å². The summed E-state index contributed by atoms with van der Waals surface area (Å²) in [5, 5.41) is 0. The Labute approximate surface area is 80.4 Å². The molecule has 0 aromatic carbocycles. The summed E-state index contributed by atoms with van der Waals surface area (Å²) in [6, 6.07) is -2.11. The van der Waals surface area contributed by atoms with Crippen LogP contribution in [0.3, 0.4) is 0 Å². The Morgan fingerprint density at radius 3 is 2.00 bits per heavy atom. The summed E-state index contributed by atoms with van der Waals surface area (Å²) in [5.74, 6) is -1.31. The predicted octanol–water partition coefficient (Wildman–Crippen LogP) is 2.89. The van der Waals surface area contributed by atoms with E-state index in [9.17, 15) is 17.6 Å². The number of rotatable bonds is 2. The van der Waals surface area contributed by atoms with Gasteiger partial charge in [0, 0.05) is 0 Å². The van der Waals surface area contributed by atoms with Crippen LogP contribution < -0.4 is 0 Å². The van der Waals surface area contributed by atoms with E-state index in [2.05, 4.69) is 6.58 Å². The second-order valence-corrected chi connectivity index (χ2v) is 3.49. The molecule has 0 aliphatic carbocycles. The third-order valence-corrected chi connectivity index (χ3v) is 2.36. The van der Waals surface area contributed by atoms with E-state index in [-0.39, 0.29) is 0 Å². The van der Waals surface area contributed by atoms with Crippen molar-refractivity contribution in [1.29, 1.82) is 0 Å². The third kappa shape index (κ3) is 2.70. The molecule has 0 amide bonds. The quantitative estimate of drug-likeness (QED) is 0.635. The summed E-state index contributed by atoms with van der Waals surface area (Å²) in [6.07, 6.45) is -2.25. The number of alkyl halides is 3. The van der Waals surface area contributed by atoms with E-state index in [4.69, 9.17) is 0 Å². The zero-order valence-corrected chi connectivity index (χ0v) is 7.78. The first-order chi connectivity index (χ1) is 6.43. The second kappa shape index (κ2) is 4.29. The second-order valence-electron chi connectivity index (χ2n) is 3.49. The minimum absolute atomic E-state index is 0.299. The standard InChI is InChI=1S/C9H13F4N/c1-7(10)8(9(11,12)13)14-5-3-2-4-6-14/h8H,1-6H2. The van der Waals surface area contributed by atoms with Crippen molar-refractivity contribution in [1.82, 2.24) is 4.90 Å². The molecule has 1 rings (SSSR count). The van der Waals surface area contributed by atoms with Gasteiger partial charge in [-0.2, -0.15) is 13.2 Å². The van der Waals surface area contributed by atoms with Crippen molar-refractivity contribution < 1.29 is 17.6 Å². The highest BCUT2D eigenvalue weighted by molar-refractivity contribution is 5.01. The van der Waals surface area contributed by atoms with E-state index >= 15 is 0 Å². The summed E-state index contributed by atoms with van der Waals surface area (Å²) < 4.78 is 49.9. The molecule has 1 atom stereocenters. The Balaban J connectivity index is 2.71. The van der Waals surface area contributed by atoms with Crippen LogP contribution in [0.4, 0.5) is 17.6 Å². The number of likely N-dealkylation sites (tertiary alicyclic amines) is 1. The number of piperidine rings is 1. The van der Waals surface area contributed by atoms with Crippen molar-refractivity contribution in [2.24, 2.45) is 0 Å². The summed E-state index contributed by atoms with van der Waals surface area (Å²) in [4.78, 5) is 1.12. The summed E-state index contributed by atoms with van der Waals surface area (Å²) in [7, 11) is 0. The third-order valence-electron chi connectivity index (χ3n) is 2.36. The Morgan fingerprint density at radius 1 is 1.14 bits per heavy atom. The lowest BCUT2D eigenvalue weighted by molar-refractivity contribution is -0.179. The molecule has 0 aromatic rings. The van der Waals surface area contributed by atoms with Gasteiger partial charge in [0.15, 0.2) is 6.04 Å². The van der Waals surface area contributed by atoms with Crippen molar-refractivity contribution >= 4 is 0 Å². The summed E-state index contributed by atoms with van der Waals surface area (Å²) in [5.41, 5.74) is 0. The molecule has 1 heterocycles. The molecule has 0 radical (unpaired) electrons. The van der Waals surface area contributed by atoms with Gasteiger partial charge < -0.3 is 0 Å². The Hall–Kier alpha value is -0.580. The Morgan fingerprint density at radius 2 is 1.64 bits per heavy atom. The number of halogens is 4. The average molecular weight is 211 g/mol. The van der Waals surface area contributed by atoms with Crippen LogP contribution >= 0.6 is 0 Å². The lowest BCUT2D eigenvalue weighted by Gasteiger charge is -2.34. The van der Waals surface area contributed by atoms with Gasteiger partial charge in [-0.15, -0.1) is 0 Å². The van der Waals surface area contributed by atoms with Gasteiger partial charge in [-0.1, -0.05) is 13.0 Å². The first-order valence-corrected chi connectivity index (χ1v) is 4.58. The van der Waals surface area contributed by atoms with E-state index in [1.54, 1.807) is 0 Å². The van der Waals surface area contributed by atoms with Crippen LogP contribution in [0.25, 0.3) is 0 Å². The summed E-state index contributed by atoms with van der Waals surface area (Å²) in [6.45, 7) is 3.37. The maximum Gasteiger partial charge on any atom is 0.410 e. The van der Waals surface area contributed by atoms with Gasteiger partial charge in [0.1, 0.15) is 5.83 Å². The molecule has 0 bridgehead atoms. The molecular weight excluding hydrogens is 198 g/mol. The molecule has 1 aliphatic rings. The minimum atomic E-state index is -4.55. The van der Waals surface area contributed by atoms with Crippen molar-refractivity contribution in [2.75, 3.05) is 13.1 Å². The molecule has 5 heteroatoms. The number of hydrogen-bond donors (Lipinski definition) is 0. The highest BCUT2D eigenvalue weighted by atomic mass is 19.4. The highest BCUT2D eigenvalue weighted by Crippen LogP contribution is 2.31. The van der Waals surface area contributed by atoms with Crippen molar-refractivity contribution in [2.45, 2.75) is 31.5 Å². The SMILES string of the molecule is C=C(F)C(N1CCCCC1)C(F)(F)F. The molecule has 0 saturated carbocycles. The molecular formula is C9H13F4N. The van der Waals surface area contributed by atoms with Gasteiger partial charge in [-0.25, -0.2) is 4.39 Å². The molecule has 1 fully saturated rings. The molecule has 14 heavy (non-hydrogen) atoms. The van der Waals surface area contributed by atoms with Gasteiger partial charge in [-0.3, -0.25) is 4.90 Å². The van der Waals surface area contributed by atoms with Crippen LogP contribution in [0.15, 0.2) is 12.4 Å². The molecule has 0 spiro atoms. The van der Waals surface area contributed by atoms with E-state index < -0.39 is 18.0 Å². The zero-order valence-electron chi connectivity index (χ0n) is 7.78. The lowest BCUT2D eigenvalue weighted by Crippen LogP contribution is -2.48. The Kier molecular flexibility index (Phi) is 3.53. The van der Waals surface area contributed by atoms with Crippen LogP contribution in [0.1, 0.15) is 19.3 Å². The fourth-order valence-electron chi connectivity index (χ4n) is 1.76. The largest absolute Gasteiger partial charge is 0.410 e. The molecule has 82 valence electrons. The molecule has 1 unspecified atom stereocenters. The number of hydrogen-bond acceptors (Lipinski definition) is 1. The fraction of sp³-hybridized carbons (Fsp3) is 0.778. The fourth-order valence-corrected chi connectivity index (χ4v) is 1.76. The minimum Gasteiger partial charge on any atom is -0.287 e. The normalized spacial score (nSPS) is 22.0. The van der Waals surface area contributed by atoms with Crippen molar-refractivity contribution in [3.8, 4) is 0 Å². The van der Waals surface area contributed by atoms with E-state index in [1.807, 2.05) is 0 Å². The molecule has 0 N–H and O–H groups in total. The van der Waals surface area contributed by atoms with Crippen molar-refractivity contribution in [3.05, 3.63) is 12.4 Å².